The monoisotopic (exact) mass is 298 g/mol. The summed E-state index contributed by atoms with van der Waals surface area (Å²) in [6.07, 6.45) is 0. The van der Waals surface area contributed by atoms with E-state index in [4.69, 9.17) is 4.42 Å². The van der Waals surface area contributed by atoms with E-state index in [-0.39, 0.29) is 0 Å². The molecule has 0 atom stereocenters. The zero-order valence-corrected chi connectivity index (χ0v) is 13.3. The standard InChI is InChI=1S/C22H18O/c1-15-13-16(2)20-19(14-15)23-22(18-11-7-4-8-12-18)21(20)17-9-5-3-6-10-17/h3-14H,1-2H3. The SMILES string of the molecule is Cc1cc(C)c2c(-c3ccccc3)c(-c3ccccc3)oc2c1. The second-order valence-electron chi connectivity index (χ2n) is 5.99. The molecular formula is C22H18O. The molecule has 0 amide bonds. The van der Waals surface area contributed by atoms with Gasteiger partial charge in [0, 0.05) is 16.5 Å². The molecule has 0 unspecified atom stereocenters. The Labute approximate surface area is 136 Å². The third-order valence-electron chi connectivity index (χ3n) is 4.23. The van der Waals surface area contributed by atoms with Crippen LogP contribution in [-0.4, -0.2) is 0 Å². The van der Waals surface area contributed by atoms with Gasteiger partial charge in [-0.2, -0.15) is 0 Å². The van der Waals surface area contributed by atoms with Crippen molar-refractivity contribution in [1.29, 1.82) is 0 Å². The van der Waals surface area contributed by atoms with Crippen LogP contribution in [0, 0.1) is 13.8 Å². The average molecular weight is 298 g/mol. The van der Waals surface area contributed by atoms with E-state index in [2.05, 4.69) is 74.5 Å². The molecule has 0 aliphatic heterocycles. The van der Waals surface area contributed by atoms with Crippen LogP contribution in [0.1, 0.15) is 11.1 Å². The third kappa shape index (κ3) is 2.35. The Bertz CT molecular complexity index is 963. The van der Waals surface area contributed by atoms with Crippen LogP contribution in [0.2, 0.25) is 0 Å². The Hall–Kier alpha value is -2.80. The van der Waals surface area contributed by atoms with Gasteiger partial charge in [0.15, 0.2) is 0 Å². The van der Waals surface area contributed by atoms with E-state index in [1.54, 1.807) is 0 Å². The van der Waals surface area contributed by atoms with Gasteiger partial charge in [0.25, 0.3) is 0 Å². The quantitative estimate of drug-likeness (QED) is 0.418. The molecule has 1 aromatic heterocycles. The number of rotatable bonds is 2. The Balaban J connectivity index is 2.12. The summed E-state index contributed by atoms with van der Waals surface area (Å²) in [5.41, 5.74) is 6.92. The molecule has 0 saturated carbocycles. The van der Waals surface area contributed by atoms with Gasteiger partial charge in [0.05, 0.1) is 0 Å². The smallest absolute Gasteiger partial charge is 0.143 e. The maximum absolute atomic E-state index is 6.30. The van der Waals surface area contributed by atoms with Gasteiger partial charge in [-0.15, -0.1) is 0 Å². The minimum Gasteiger partial charge on any atom is -0.455 e. The predicted molar refractivity (Wildman–Crippen MR) is 96.6 cm³/mol. The van der Waals surface area contributed by atoms with Gasteiger partial charge in [-0.05, 0) is 36.6 Å². The van der Waals surface area contributed by atoms with Gasteiger partial charge in [0.1, 0.15) is 11.3 Å². The van der Waals surface area contributed by atoms with Crippen molar-refractivity contribution in [2.24, 2.45) is 0 Å². The molecule has 1 heterocycles. The molecule has 1 heteroatoms. The van der Waals surface area contributed by atoms with Crippen LogP contribution < -0.4 is 0 Å². The number of furan rings is 1. The molecule has 4 rings (SSSR count). The van der Waals surface area contributed by atoms with E-state index in [9.17, 15) is 0 Å². The van der Waals surface area contributed by atoms with Crippen molar-refractivity contribution < 1.29 is 4.42 Å². The summed E-state index contributed by atoms with van der Waals surface area (Å²) >= 11 is 0. The summed E-state index contributed by atoms with van der Waals surface area (Å²) in [7, 11) is 0. The zero-order valence-electron chi connectivity index (χ0n) is 13.3. The molecule has 0 fully saturated rings. The molecule has 0 bridgehead atoms. The summed E-state index contributed by atoms with van der Waals surface area (Å²) in [5, 5.41) is 1.21. The maximum Gasteiger partial charge on any atom is 0.143 e. The van der Waals surface area contributed by atoms with Crippen molar-refractivity contribution in [3.05, 3.63) is 83.9 Å². The van der Waals surface area contributed by atoms with Gasteiger partial charge >= 0.3 is 0 Å². The molecule has 23 heavy (non-hydrogen) atoms. The van der Waals surface area contributed by atoms with E-state index in [0.29, 0.717) is 0 Å². The summed E-state index contributed by atoms with van der Waals surface area (Å²) in [5.74, 6) is 0.945. The molecule has 1 nitrogen and oxygen atoms in total. The van der Waals surface area contributed by atoms with E-state index in [1.165, 1.54) is 27.6 Å². The highest BCUT2D eigenvalue weighted by Gasteiger charge is 2.19. The maximum atomic E-state index is 6.30. The largest absolute Gasteiger partial charge is 0.455 e. The fourth-order valence-corrected chi connectivity index (χ4v) is 3.28. The Morgan fingerprint density at radius 1 is 0.696 bits per heavy atom. The highest BCUT2D eigenvalue weighted by Crippen LogP contribution is 2.42. The van der Waals surface area contributed by atoms with Crippen molar-refractivity contribution in [2.45, 2.75) is 13.8 Å². The van der Waals surface area contributed by atoms with Gasteiger partial charge in [0.2, 0.25) is 0 Å². The van der Waals surface area contributed by atoms with Crippen LogP contribution in [-0.2, 0) is 0 Å². The van der Waals surface area contributed by atoms with Crippen LogP contribution in [0.4, 0.5) is 0 Å². The number of hydrogen-bond donors (Lipinski definition) is 0. The Kier molecular flexibility index (Phi) is 3.27. The average Bonchev–Trinajstić information content (AvgIpc) is 2.96. The first-order valence-electron chi connectivity index (χ1n) is 7.88. The molecule has 0 aliphatic rings. The Morgan fingerprint density at radius 3 is 1.96 bits per heavy atom. The lowest BCUT2D eigenvalue weighted by Gasteiger charge is -2.05. The van der Waals surface area contributed by atoms with E-state index >= 15 is 0 Å². The molecule has 0 spiro atoms. The topological polar surface area (TPSA) is 13.1 Å². The second-order valence-corrected chi connectivity index (χ2v) is 5.99. The van der Waals surface area contributed by atoms with E-state index < -0.39 is 0 Å². The van der Waals surface area contributed by atoms with Crippen molar-refractivity contribution in [3.63, 3.8) is 0 Å². The molecule has 0 radical (unpaired) electrons. The zero-order chi connectivity index (χ0) is 15.8. The molecule has 112 valence electrons. The van der Waals surface area contributed by atoms with E-state index in [0.717, 1.165) is 16.9 Å². The van der Waals surface area contributed by atoms with Crippen LogP contribution in [0.3, 0.4) is 0 Å². The first kappa shape index (κ1) is 13.8. The van der Waals surface area contributed by atoms with Crippen molar-refractivity contribution >= 4 is 11.0 Å². The summed E-state index contributed by atoms with van der Waals surface area (Å²) in [6, 6.07) is 25.2. The van der Waals surface area contributed by atoms with Crippen LogP contribution >= 0.6 is 0 Å². The fourth-order valence-electron chi connectivity index (χ4n) is 3.28. The Morgan fingerprint density at radius 2 is 1.30 bits per heavy atom. The number of fused-ring (bicyclic) bond motifs is 1. The molecule has 0 aliphatic carbocycles. The predicted octanol–water partition coefficient (Wildman–Crippen LogP) is 6.38. The number of aryl methyl sites for hydroxylation is 2. The lowest BCUT2D eigenvalue weighted by molar-refractivity contribution is 0.632. The summed E-state index contributed by atoms with van der Waals surface area (Å²) in [4.78, 5) is 0. The number of hydrogen-bond acceptors (Lipinski definition) is 1. The molecule has 4 aromatic rings. The lowest BCUT2D eigenvalue weighted by atomic mass is 9.96. The van der Waals surface area contributed by atoms with Crippen LogP contribution in [0.25, 0.3) is 33.4 Å². The third-order valence-corrected chi connectivity index (χ3v) is 4.23. The first-order chi connectivity index (χ1) is 11.2. The molecule has 0 N–H and O–H groups in total. The van der Waals surface area contributed by atoms with Crippen LogP contribution in [0.15, 0.2) is 77.2 Å². The minimum absolute atomic E-state index is 0.945. The molecule has 3 aromatic carbocycles. The fraction of sp³-hybridized carbons (Fsp3) is 0.0909. The van der Waals surface area contributed by atoms with Gasteiger partial charge in [-0.25, -0.2) is 0 Å². The van der Waals surface area contributed by atoms with Crippen LogP contribution in [0.5, 0.6) is 0 Å². The normalized spacial score (nSPS) is 11.0. The first-order valence-corrected chi connectivity index (χ1v) is 7.88. The second kappa shape index (κ2) is 5.44. The molecular weight excluding hydrogens is 280 g/mol. The highest BCUT2D eigenvalue weighted by atomic mass is 16.3. The summed E-state index contributed by atoms with van der Waals surface area (Å²) < 4.78 is 6.30. The summed E-state index contributed by atoms with van der Waals surface area (Å²) in [6.45, 7) is 4.27. The van der Waals surface area contributed by atoms with Gasteiger partial charge in [-0.3, -0.25) is 0 Å². The van der Waals surface area contributed by atoms with Crippen molar-refractivity contribution in [3.8, 4) is 22.5 Å². The molecule has 0 saturated heterocycles. The van der Waals surface area contributed by atoms with Gasteiger partial charge in [-0.1, -0.05) is 66.7 Å². The van der Waals surface area contributed by atoms with E-state index in [1.807, 2.05) is 12.1 Å². The number of benzene rings is 3. The van der Waals surface area contributed by atoms with Gasteiger partial charge < -0.3 is 4.42 Å². The highest BCUT2D eigenvalue weighted by molar-refractivity contribution is 6.03. The van der Waals surface area contributed by atoms with Crippen molar-refractivity contribution in [2.75, 3.05) is 0 Å². The van der Waals surface area contributed by atoms with Crippen molar-refractivity contribution in [1.82, 2.24) is 0 Å². The lowest BCUT2D eigenvalue weighted by Crippen LogP contribution is -1.83. The minimum atomic E-state index is 0.945.